The number of halogens is 1. The molecule has 2 aromatic carbocycles. The molecule has 1 amide bonds. The first kappa shape index (κ1) is 21.5. The predicted molar refractivity (Wildman–Crippen MR) is 122 cm³/mol. The van der Waals surface area contributed by atoms with E-state index < -0.39 is 0 Å². The number of nitrogens with one attached hydrogen (secondary N) is 1. The van der Waals surface area contributed by atoms with Crippen molar-refractivity contribution in [1.82, 2.24) is 19.7 Å². The molecule has 6 nitrogen and oxygen atoms in total. The van der Waals surface area contributed by atoms with Crippen molar-refractivity contribution in [3.63, 3.8) is 0 Å². The average molecular weight is 432 g/mol. The van der Waals surface area contributed by atoms with Gasteiger partial charge in [-0.25, -0.2) is 9.07 Å². The number of aromatic nitrogens is 3. The molecule has 0 radical (unpaired) electrons. The SMILES string of the molecule is Cc1c2cnn(CC(=O)N[C@@H](C)c3ccccc3)c(=O)c2c(C)n1Cc1ccccc1F. The van der Waals surface area contributed by atoms with Crippen LogP contribution < -0.4 is 10.9 Å². The van der Waals surface area contributed by atoms with Crippen LogP contribution in [0.2, 0.25) is 0 Å². The van der Waals surface area contributed by atoms with E-state index in [0.717, 1.165) is 17.0 Å². The van der Waals surface area contributed by atoms with Gasteiger partial charge in [-0.05, 0) is 32.4 Å². The van der Waals surface area contributed by atoms with Crippen molar-refractivity contribution in [1.29, 1.82) is 0 Å². The molecule has 1 atom stereocenters. The van der Waals surface area contributed by atoms with Gasteiger partial charge in [-0.2, -0.15) is 5.10 Å². The molecule has 0 aliphatic rings. The van der Waals surface area contributed by atoms with Crippen molar-refractivity contribution in [2.45, 2.75) is 39.9 Å². The number of nitrogens with zero attached hydrogens (tertiary/aromatic N) is 3. The number of amides is 1. The molecular weight excluding hydrogens is 407 g/mol. The van der Waals surface area contributed by atoms with Crippen LogP contribution in [0, 0.1) is 19.7 Å². The summed E-state index contributed by atoms with van der Waals surface area (Å²) in [6, 6.07) is 16.0. The summed E-state index contributed by atoms with van der Waals surface area (Å²) in [7, 11) is 0. The van der Waals surface area contributed by atoms with Crippen LogP contribution in [0.5, 0.6) is 0 Å². The number of hydrogen-bond acceptors (Lipinski definition) is 3. The van der Waals surface area contributed by atoms with Crippen LogP contribution >= 0.6 is 0 Å². The molecule has 0 aliphatic heterocycles. The molecule has 2 heterocycles. The summed E-state index contributed by atoms with van der Waals surface area (Å²) < 4.78 is 17.3. The van der Waals surface area contributed by atoms with Crippen LogP contribution in [0.15, 0.2) is 65.6 Å². The van der Waals surface area contributed by atoms with Gasteiger partial charge < -0.3 is 9.88 Å². The topological polar surface area (TPSA) is 68.9 Å². The molecular formula is C25H25FN4O2. The Morgan fingerprint density at radius 1 is 1.06 bits per heavy atom. The van der Waals surface area contributed by atoms with Crippen molar-refractivity contribution in [3.8, 4) is 0 Å². The van der Waals surface area contributed by atoms with E-state index in [1.54, 1.807) is 24.4 Å². The monoisotopic (exact) mass is 432 g/mol. The van der Waals surface area contributed by atoms with E-state index in [0.29, 0.717) is 22.9 Å². The normalized spacial score (nSPS) is 12.1. The van der Waals surface area contributed by atoms with Crippen LogP contribution in [-0.2, 0) is 17.9 Å². The second-order valence-corrected chi connectivity index (χ2v) is 7.94. The lowest BCUT2D eigenvalue weighted by molar-refractivity contribution is -0.122. The third-order valence-corrected chi connectivity index (χ3v) is 5.86. The third kappa shape index (κ3) is 4.06. The lowest BCUT2D eigenvalue weighted by atomic mass is 10.1. The Labute approximate surface area is 185 Å². The highest BCUT2D eigenvalue weighted by molar-refractivity contribution is 5.87. The smallest absolute Gasteiger partial charge is 0.276 e. The van der Waals surface area contributed by atoms with Crippen molar-refractivity contribution < 1.29 is 9.18 Å². The van der Waals surface area contributed by atoms with E-state index in [9.17, 15) is 14.0 Å². The van der Waals surface area contributed by atoms with E-state index >= 15 is 0 Å². The van der Waals surface area contributed by atoms with Crippen molar-refractivity contribution in [2.24, 2.45) is 0 Å². The summed E-state index contributed by atoms with van der Waals surface area (Å²) in [6.45, 7) is 5.74. The van der Waals surface area contributed by atoms with E-state index in [2.05, 4.69) is 10.4 Å². The highest BCUT2D eigenvalue weighted by Gasteiger charge is 2.18. The summed E-state index contributed by atoms with van der Waals surface area (Å²) >= 11 is 0. The van der Waals surface area contributed by atoms with E-state index in [1.165, 1.54) is 10.7 Å². The largest absolute Gasteiger partial charge is 0.348 e. The Morgan fingerprint density at radius 3 is 2.47 bits per heavy atom. The molecule has 0 fully saturated rings. The van der Waals surface area contributed by atoms with Crippen molar-refractivity contribution in [3.05, 3.63) is 99.5 Å². The zero-order valence-electron chi connectivity index (χ0n) is 18.3. The summed E-state index contributed by atoms with van der Waals surface area (Å²) in [6.07, 6.45) is 1.60. The minimum Gasteiger partial charge on any atom is -0.348 e. The van der Waals surface area contributed by atoms with Gasteiger partial charge in [-0.3, -0.25) is 9.59 Å². The van der Waals surface area contributed by atoms with Gasteiger partial charge >= 0.3 is 0 Å². The third-order valence-electron chi connectivity index (χ3n) is 5.86. The van der Waals surface area contributed by atoms with Gasteiger partial charge in [0.2, 0.25) is 5.91 Å². The Hall–Kier alpha value is -3.74. The lowest BCUT2D eigenvalue weighted by Crippen LogP contribution is -2.35. The molecule has 164 valence electrons. The second-order valence-electron chi connectivity index (χ2n) is 7.94. The fourth-order valence-electron chi connectivity index (χ4n) is 4.04. The average Bonchev–Trinajstić information content (AvgIpc) is 3.02. The van der Waals surface area contributed by atoms with Crippen molar-refractivity contribution in [2.75, 3.05) is 0 Å². The number of aryl methyl sites for hydroxylation is 2. The first-order chi connectivity index (χ1) is 15.4. The minimum atomic E-state index is -0.335. The molecule has 1 N–H and O–H groups in total. The lowest BCUT2D eigenvalue weighted by Gasteiger charge is -2.14. The van der Waals surface area contributed by atoms with Crippen LogP contribution in [0.1, 0.15) is 35.5 Å². The Bertz CT molecular complexity index is 1340. The second kappa shape index (κ2) is 8.78. The fourth-order valence-corrected chi connectivity index (χ4v) is 4.04. The maximum Gasteiger partial charge on any atom is 0.276 e. The van der Waals surface area contributed by atoms with Crippen LogP contribution in [0.3, 0.4) is 0 Å². The molecule has 0 saturated carbocycles. The molecule has 4 rings (SSSR count). The fraction of sp³-hybridized carbons (Fsp3) is 0.240. The zero-order valence-corrected chi connectivity index (χ0v) is 18.3. The molecule has 0 aliphatic carbocycles. The van der Waals surface area contributed by atoms with Gasteiger partial charge in [-0.1, -0.05) is 48.5 Å². The Balaban J connectivity index is 1.61. The number of hydrogen-bond donors (Lipinski definition) is 1. The van der Waals surface area contributed by atoms with Crippen LogP contribution in [0.4, 0.5) is 4.39 Å². The van der Waals surface area contributed by atoms with Crippen LogP contribution in [0.25, 0.3) is 10.8 Å². The zero-order chi connectivity index (χ0) is 22.8. The minimum absolute atomic E-state index is 0.178. The van der Waals surface area contributed by atoms with Crippen LogP contribution in [-0.4, -0.2) is 20.3 Å². The molecule has 0 bridgehead atoms. The highest BCUT2D eigenvalue weighted by Crippen LogP contribution is 2.23. The van der Waals surface area contributed by atoms with Gasteiger partial charge in [0.05, 0.1) is 24.2 Å². The van der Waals surface area contributed by atoms with Gasteiger partial charge in [0.25, 0.3) is 5.56 Å². The molecule has 32 heavy (non-hydrogen) atoms. The number of carbonyl (C=O) groups excluding carboxylic acids is 1. The highest BCUT2D eigenvalue weighted by atomic mass is 19.1. The van der Waals surface area contributed by atoms with Gasteiger partial charge in [0, 0.05) is 22.3 Å². The first-order valence-corrected chi connectivity index (χ1v) is 10.5. The van der Waals surface area contributed by atoms with E-state index in [1.807, 2.05) is 55.7 Å². The molecule has 4 aromatic rings. The maximum atomic E-state index is 14.2. The summed E-state index contributed by atoms with van der Waals surface area (Å²) in [5.74, 6) is -0.584. The van der Waals surface area contributed by atoms with Gasteiger partial charge in [0.1, 0.15) is 12.4 Å². The molecule has 0 unspecified atom stereocenters. The standard InChI is InChI=1S/C25H25FN4O2/c1-16(19-9-5-4-6-10-19)28-23(31)15-30-25(32)24-18(3)29(17(2)21(24)13-27-30)14-20-11-7-8-12-22(20)26/h4-13,16H,14-15H2,1-3H3,(H,28,31)/t16-/m0/s1. The molecule has 0 saturated heterocycles. The van der Waals surface area contributed by atoms with E-state index in [4.69, 9.17) is 0 Å². The first-order valence-electron chi connectivity index (χ1n) is 10.5. The summed E-state index contributed by atoms with van der Waals surface area (Å²) in [5, 5.41) is 8.33. The predicted octanol–water partition coefficient (Wildman–Crippen LogP) is 3.88. The quantitative estimate of drug-likeness (QED) is 0.503. The molecule has 7 heteroatoms. The van der Waals surface area contributed by atoms with Crippen molar-refractivity contribution >= 4 is 16.7 Å². The van der Waals surface area contributed by atoms with E-state index in [-0.39, 0.29) is 29.9 Å². The molecule has 2 aromatic heterocycles. The van der Waals surface area contributed by atoms with Gasteiger partial charge in [0.15, 0.2) is 0 Å². The number of rotatable bonds is 6. The number of carbonyl (C=O) groups is 1. The van der Waals surface area contributed by atoms with Gasteiger partial charge in [-0.15, -0.1) is 0 Å². The number of benzene rings is 2. The Kier molecular flexibility index (Phi) is 5.90. The Morgan fingerprint density at radius 2 is 1.75 bits per heavy atom. The summed E-state index contributed by atoms with van der Waals surface area (Å²) in [4.78, 5) is 25.7. The maximum absolute atomic E-state index is 14.2. The molecule has 0 spiro atoms. The summed E-state index contributed by atoms with van der Waals surface area (Å²) in [5.41, 5.74) is 2.74. The number of fused-ring (bicyclic) bond motifs is 1.